The molecule has 0 spiro atoms. The standard InChI is InChI=1S/C12H18/c1-9-8-12(2,3)11-7-5-4-6-10(9)11/h8H,4-7H2,1-3H3. The Morgan fingerprint density at radius 1 is 1.17 bits per heavy atom. The third-order valence-electron chi connectivity index (χ3n) is 3.30. The van der Waals surface area contributed by atoms with E-state index in [0.29, 0.717) is 5.41 Å². The molecule has 66 valence electrons. The molecule has 12 heavy (non-hydrogen) atoms. The highest BCUT2D eigenvalue weighted by Crippen LogP contribution is 2.46. The number of hydrogen-bond acceptors (Lipinski definition) is 0. The Morgan fingerprint density at radius 2 is 1.83 bits per heavy atom. The number of rotatable bonds is 0. The van der Waals surface area contributed by atoms with Gasteiger partial charge in [-0.1, -0.05) is 31.1 Å². The predicted molar refractivity (Wildman–Crippen MR) is 53.0 cm³/mol. The van der Waals surface area contributed by atoms with Gasteiger partial charge in [0.2, 0.25) is 0 Å². The van der Waals surface area contributed by atoms with E-state index in [-0.39, 0.29) is 0 Å². The smallest absolute Gasteiger partial charge is 0.00459 e. The number of allylic oxidation sites excluding steroid dienone is 4. The molecule has 0 radical (unpaired) electrons. The fourth-order valence-corrected chi connectivity index (χ4v) is 2.77. The molecule has 0 N–H and O–H groups in total. The van der Waals surface area contributed by atoms with Gasteiger partial charge in [0.25, 0.3) is 0 Å². The van der Waals surface area contributed by atoms with E-state index in [0.717, 1.165) is 0 Å². The first kappa shape index (κ1) is 8.10. The summed E-state index contributed by atoms with van der Waals surface area (Å²) in [5, 5.41) is 0. The minimum Gasteiger partial charge on any atom is -0.0716 e. The first-order chi connectivity index (χ1) is 5.61. The molecule has 2 aliphatic rings. The second-order valence-electron chi connectivity index (χ2n) is 4.71. The van der Waals surface area contributed by atoms with Crippen LogP contribution in [0.2, 0.25) is 0 Å². The van der Waals surface area contributed by atoms with Gasteiger partial charge in [0.1, 0.15) is 0 Å². The van der Waals surface area contributed by atoms with Gasteiger partial charge >= 0.3 is 0 Å². The van der Waals surface area contributed by atoms with Crippen molar-refractivity contribution in [2.24, 2.45) is 5.41 Å². The van der Waals surface area contributed by atoms with E-state index < -0.39 is 0 Å². The lowest BCUT2D eigenvalue weighted by atomic mass is 9.80. The fraction of sp³-hybridized carbons (Fsp3) is 0.667. The molecule has 0 bridgehead atoms. The third kappa shape index (κ3) is 1.05. The lowest BCUT2D eigenvalue weighted by Gasteiger charge is -2.25. The first-order valence-electron chi connectivity index (χ1n) is 5.03. The van der Waals surface area contributed by atoms with Crippen LogP contribution in [0.25, 0.3) is 0 Å². The summed E-state index contributed by atoms with van der Waals surface area (Å²) in [5.41, 5.74) is 5.34. The zero-order valence-electron chi connectivity index (χ0n) is 8.41. The Bertz CT molecular complexity index is 264. The van der Waals surface area contributed by atoms with Crippen LogP contribution in [0, 0.1) is 5.41 Å². The van der Waals surface area contributed by atoms with Crippen molar-refractivity contribution in [3.63, 3.8) is 0 Å². The predicted octanol–water partition coefficient (Wildman–Crippen LogP) is 3.84. The molecule has 0 aromatic carbocycles. The Balaban J connectivity index is 2.43. The molecule has 0 atom stereocenters. The van der Waals surface area contributed by atoms with Gasteiger partial charge in [-0.3, -0.25) is 0 Å². The summed E-state index contributed by atoms with van der Waals surface area (Å²) in [4.78, 5) is 0. The van der Waals surface area contributed by atoms with Gasteiger partial charge in [-0.05, 0) is 38.2 Å². The second kappa shape index (κ2) is 2.48. The van der Waals surface area contributed by atoms with Gasteiger partial charge in [0, 0.05) is 5.41 Å². The average Bonchev–Trinajstić information content (AvgIpc) is 2.25. The summed E-state index contributed by atoms with van der Waals surface area (Å²) in [7, 11) is 0. The highest BCUT2D eigenvalue weighted by atomic mass is 14.4. The van der Waals surface area contributed by atoms with Crippen LogP contribution in [0.4, 0.5) is 0 Å². The van der Waals surface area contributed by atoms with Gasteiger partial charge < -0.3 is 0 Å². The Morgan fingerprint density at radius 3 is 2.50 bits per heavy atom. The van der Waals surface area contributed by atoms with E-state index in [1.165, 1.54) is 25.7 Å². The van der Waals surface area contributed by atoms with Crippen LogP contribution < -0.4 is 0 Å². The van der Waals surface area contributed by atoms with E-state index in [2.05, 4.69) is 26.8 Å². The lowest BCUT2D eigenvalue weighted by Crippen LogP contribution is -2.11. The summed E-state index contributed by atoms with van der Waals surface area (Å²) in [5.74, 6) is 0. The molecule has 0 aromatic heterocycles. The van der Waals surface area contributed by atoms with Crippen LogP contribution in [0.1, 0.15) is 46.5 Å². The van der Waals surface area contributed by atoms with Crippen LogP contribution in [-0.2, 0) is 0 Å². The highest BCUT2D eigenvalue weighted by Gasteiger charge is 2.31. The quantitative estimate of drug-likeness (QED) is 0.507. The van der Waals surface area contributed by atoms with Crippen LogP contribution in [0.3, 0.4) is 0 Å². The Labute approximate surface area is 75.4 Å². The summed E-state index contributed by atoms with van der Waals surface area (Å²) in [6.07, 6.45) is 7.93. The highest BCUT2D eigenvalue weighted by molar-refractivity contribution is 5.47. The first-order valence-corrected chi connectivity index (χ1v) is 5.03. The van der Waals surface area contributed by atoms with E-state index in [4.69, 9.17) is 0 Å². The van der Waals surface area contributed by atoms with Gasteiger partial charge in [0.05, 0.1) is 0 Å². The molecule has 0 aliphatic heterocycles. The van der Waals surface area contributed by atoms with Crippen LogP contribution in [0.5, 0.6) is 0 Å². The molecule has 0 saturated carbocycles. The molecular weight excluding hydrogens is 144 g/mol. The molecule has 0 amide bonds. The molecule has 0 nitrogen and oxygen atoms in total. The maximum absolute atomic E-state index is 2.45. The van der Waals surface area contributed by atoms with Crippen molar-refractivity contribution in [3.05, 3.63) is 22.8 Å². The molecular formula is C12H18. The van der Waals surface area contributed by atoms with Crippen LogP contribution in [0.15, 0.2) is 22.8 Å². The van der Waals surface area contributed by atoms with Crippen molar-refractivity contribution in [2.75, 3.05) is 0 Å². The molecule has 0 aromatic rings. The molecule has 0 heteroatoms. The van der Waals surface area contributed by atoms with Gasteiger partial charge in [-0.15, -0.1) is 0 Å². The molecule has 2 aliphatic carbocycles. The maximum atomic E-state index is 2.45. The van der Waals surface area contributed by atoms with Crippen molar-refractivity contribution in [2.45, 2.75) is 46.5 Å². The fourth-order valence-electron chi connectivity index (χ4n) is 2.77. The molecule has 0 saturated heterocycles. The minimum atomic E-state index is 0.375. The van der Waals surface area contributed by atoms with Crippen molar-refractivity contribution in [1.82, 2.24) is 0 Å². The normalized spacial score (nSPS) is 27.1. The van der Waals surface area contributed by atoms with E-state index in [9.17, 15) is 0 Å². The van der Waals surface area contributed by atoms with Crippen molar-refractivity contribution in [3.8, 4) is 0 Å². The van der Waals surface area contributed by atoms with Crippen LogP contribution in [-0.4, -0.2) is 0 Å². The topological polar surface area (TPSA) is 0 Å². The lowest BCUT2D eigenvalue weighted by molar-refractivity contribution is 0.524. The molecule has 0 heterocycles. The average molecular weight is 162 g/mol. The van der Waals surface area contributed by atoms with Crippen molar-refractivity contribution < 1.29 is 0 Å². The van der Waals surface area contributed by atoms with Gasteiger partial charge in [0.15, 0.2) is 0 Å². The summed E-state index contributed by atoms with van der Waals surface area (Å²) < 4.78 is 0. The number of hydrogen-bond donors (Lipinski definition) is 0. The molecule has 0 unspecified atom stereocenters. The van der Waals surface area contributed by atoms with Crippen molar-refractivity contribution >= 4 is 0 Å². The Kier molecular flexibility index (Phi) is 1.67. The zero-order valence-corrected chi connectivity index (χ0v) is 8.41. The maximum Gasteiger partial charge on any atom is 0.00459 e. The van der Waals surface area contributed by atoms with E-state index in [1.54, 1.807) is 16.7 Å². The van der Waals surface area contributed by atoms with Gasteiger partial charge in [-0.2, -0.15) is 0 Å². The summed E-state index contributed by atoms with van der Waals surface area (Å²) in [6, 6.07) is 0. The third-order valence-corrected chi connectivity index (χ3v) is 3.30. The molecule has 2 rings (SSSR count). The zero-order chi connectivity index (χ0) is 8.77. The summed E-state index contributed by atoms with van der Waals surface area (Å²) >= 11 is 0. The summed E-state index contributed by atoms with van der Waals surface area (Å²) in [6.45, 7) is 6.98. The van der Waals surface area contributed by atoms with Gasteiger partial charge in [-0.25, -0.2) is 0 Å². The minimum absolute atomic E-state index is 0.375. The van der Waals surface area contributed by atoms with E-state index >= 15 is 0 Å². The van der Waals surface area contributed by atoms with Crippen molar-refractivity contribution in [1.29, 1.82) is 0 Å². The van der Waals surface area contributed by atoms with E-state index in [1.807, 2.05) is 0 Å². The SMILES string of the molecule is CC1=CC(C)(C)C2=C1CCCC2. The van der Waals surface area contributed by atoms with Crippen LogP contribution >= 0.6 is 0 Å². The molecule has 0 fully saturated rings. The second-order valence-corrected chi connectivity index (χ2v) is 4.71. The largest absolute Gasteiger partial charge is 0.0716 e. The Hall–Kier alpha value is -0.520. The monoisotopic (exact) mass is 162 g/mol.